The second kappa shape index (κ2) is 9.79. The van der Waals surface area contributed by atoms with E-state index in [1.165, 1.54) is 9.30 Å². The van der Waals surface area contributed by atoms with Gasteiger partial charge in [0.05, 0.1) is 28.0 Å². The molecule has 2 fully saturated rings. The first-order chi connectivity index (χ1) is 16.1. The number of anilines is 1. The lowest BCUT2D eigenvalue weighted by molar-refractivity contribution is -0.123. The van der Waals surface area contributed by atoms with Gasteiger partial charge in [-0.2, -0.15) is 0 Å². The van der Waals surface area contributed by atoms with Gasteiger partial charge in [-0.1, -0.05) is 43.9 Å². The van der Waals surface area contributed by atoms with Crippen molar-refractivity contribution < 1.29 is 13.2 Å². The zero-order valence-electron chi connectivity index (χ0n) is 19.5. The molecule has 34 heavy (non-hydrogen) atoms. The van der Waals surface area contributed by atoms with Crippen LogP contribution in [0.15, 0.2) is 28.0 Å². The van der Waals surface area contributed by atoms with E-state index in [-0.39, 0.29) is 23.0 Å². The number of hydrogen-bond acceptors (Lipinski definition) is 8. The number of thiocarbonyl (C=S) groups is 1. The second-order valence-corrected chi connectivity index (χ2v) is 12.6. The largest absolute Gasteiger partial charge is 0.356 e. The summed E-state index contributed by atoms with van der Waals surface area (Å²) in [5, 5.41) is 0. The minimum absolute atomic E-state index is 0.0518. The molecule has 1 atom stereocenters. The summed E-state index contributed by atoms with van der Waals surface area (Å²) in [4.78, 5) is 35.5. The molecule has 1 amide bonds. The molecule has 0 unspecified atom stereocenters. The number of rotatable bonds is 7. The molecule has 0 radical (unpaired) electrons. The predicted molar refractivity (Wildman–Crippen MR) is 141 cm³/mol. The molecule has 0 aliphatic carbocycles. The number of thioether (sulfide) groups is 1. The van der Waals surface area contributed by atoms with Crippen LogP contribution in [0.1, 0.15) is 44.2 Å². The van der Waals surface area contributed by atoms with E-state index in [0.717, 1.165) is 43.3 Å². The Kier molecular flexibility index (Phi) is 7.16. The molecule has 0 N–H and O–H groups in total. The number of aryl methyl sites for hydroxylation is 1. The quantitative estimate of drug-likeness (QED) is 0.406. The van der Waals surface area contributed by atoms with Gasteiger partial charge in [0, 0.05) is 19.3 Å². The third kappa shape index (κ3) is 4.78. The van der Waals surface area contributed by atoms with Gasteiger partial charge >= 0.3 is 0 Å². The summed E-state index contributed by atoms with van der Waals surface area (Å²) in [6.45, 7) is 7.50. The van der Waals surface area contributed by atoms with Crippen LogP contribution >= 0.6 is 24.0 Å². The molecule has 11 heteroatoms. The third-order valence-electron chi connectivity index (χ3n) is 5.94. The molecule has 0 saturated carbocycles. The van der Waals surface area contributed by atoms with E-state index in [4.69, 9.17) is 17.2 Å². The monoisotopic (exact) mass is 520 g/mol. The van der Waals surface area contributed by atoms with Crippen LogP contribution in [0, 0.1) is 6.92 Å². The standard InChI is InChI=1S/C23H28N4O4S3/c1-4-9-25(10-5-2)20-17(21(28)26-13-15(3)6-7-19(26)24-20)12-18-22(29)27(23(32)33-18)16-8-11-34(30,31)14-16/h6-7,12-13,16H,4-5,8-11,14H2,1-3H3/b18-12-/t16-/m0/s1. The van der Waals surface area contributed by atoms with Gasteiger partial charge in [-0.15, -0.1) is 0 Å². The van der Waals surface area contributed by atoms with Crippen molar-refractivity contribution in [1.29, 1.82) is 0 Å². The Bertz CT molecular complexity index is 1340. The zero-order chi connectivity index (χ0) is 24.6. The Labute approximate surface area is 209 Å². The highest BCUT2D eigenvalue weighted by atomic mass is 32.2. The zero-order valence-corrected chi connectivity index (χ0v) is 21.9. The Morgan fingerprint density at radius 3 is 2.56 bits per heavy atom. The van der Waals surface area contributed by atoms with Crippen LogP contribution in [0.3, 0.4) is 0 Å². The average Bonchev–Trinajstić information content (AvgIpc) is 3.27. The van der Waals surface area contributed by atoms with Crippen LogP contribution in [0.4, 0.5) is 5.82 Å². The Balaban J connectivity index is 1.83. The van der Waals surface area contributed by atoms with Crippen molar-refractivity contribution in [3.8, 4) is 0 Å². The molecular weight excluding hydrogens is 492 g/mol. The fraction of sp³-hybridized carbons (Fsp3) is 0.478. The van der Waals surface area contributed by atoms with Gasteiger partial charge in [-0.05, 0) is 43.9 Å². The maximum atomic E-state index is 13.6. The van der Waals surface area contributed by atoms with Crippen molar-refractivity contribution in [2.75, 3.05) is 29.5 Å². The van der Waals surface area contributed by atoms with Crippen molar-refractivity contribution in [1.82, 2.24) is 14.3 Å². The topological polar surface area (TPSA) is 92.1 Å². The molecule has 0 spiro atoms. The Hall–Kier alpha value is -2.24. The lowest BCUT2D eigenvalue weighted by atomic mass is 10.2. The number of hydrogen-bond donors (Lipinski definition) is 0. The minimum Gasteiger partial charge on any atom is -0.356 e. The van der Waals surface area contributed by atoms with Crippen molar-refractivity contribution in [3.63, 3.8) is 0 Å². The normalized spacial score (nSPS) is 21.2. The first kappa shape index (κ1) is 24.9. The van der Waals surface area contributed by atoms with Crippen LogP contribution in [0.2, 0.25) is 0 Å². The number of carbonyl (C=O) groups is 1. The first-order valence-electron chi connectivity index (χ1n) is 11.4. The van der Waals surface area contributed by atoms with Crippen LogP contribution in [0.5, 0.6) is 0 Å². The number of sulfone groups is 1. The van der Waals surface area contributed by atoms with Gasteiger partial charge in [0.15, 0.2) is 9.84 Å². The number of fused-ring (bicyclic) bond motifs is 1. The molecule has 2 aliphatic heterocycles. The van der Waals surface area contributed by atoms with E-state index in [9.17, 15) is 18.0 Å². The van der Waals surface area contributed by atoms with Gasteiger partial charge in [0.2, 0.25) is 0 Å². The molecule has 0 bridgehead atoms. The highest BCUT2D eigenvalue weighted by Crippen LogP contribution is 2.37. The van der Waals surface area contributed by atoms with Gasteiger partial charge in [-0.25, -0.2) is 13.4 Å². The van der Waals surface area contributed by atoms with Gasteiger partial charge in [0.25, 0.3) is 11.5 Å². The summed E-state index contributed by atoms with van der Waals surface area (Å²) >= 11 is 6.55. The first-order valence-corrected chi connectivity index (χ1v) is 14.4. The van der Waals surface area contributed by atoms with Crippen LogP contribution < -0.4 is 10.5 Å². The SMILES string of the molecule is CCCN(CCC)c1nc2ccc(C)cn2c(=O)c1/C=C1\SC(=S)N([C@H]2CCS(=O)(=O)C2)C1=O. The summed E-state index contributed by atoms with van der Waals surface area (Å²) in [6.07, 6.45) is 5.46. The number of nitrogens with zero attached hydrogens (tertiary/aromatic N) is 4. The molecule has 0 aromatic carbocycles. The van der Waals surface area contributed by atoms with E-state index in [1.807, 2.05) is 19.1 Å². The molecular formula is C23H28N4O4S3. The molecule has 182 valence electrons. The number of carbonyl (C=O) groups excluding carboxylic acids is 1. The van der Waals surface area contributed by atoms with Crippen molar-refractivity contribution in [2.45, 2.75) is 46.1 Å². The lowest BCUT2D eigenvalue weighted by Crippen LogP contribution is -2.39. The number of amides is 1. The summed E-state index contributed by atoms with van der Waals surface area (Å²) in [6, 6.07) is 3.27. The predicted octanol–water partition coefficient (Wildman–Crippen LogP) is 3.02. The summed E-state index contributed by atoms with van der Waals surface area (Å²) in [7, 11) is -3.17. The maximum absolute atomic E-state index is 13.6. The fourth-order valence-corrected chi connectivity index (χ4v) is 7.46. The molecule has 2 aliphatic rings. The van der Waals surface area contributed by atoms with Crippen LogP contribution in [-0.2, 0) is 14.6 Å². The molecule has 2 saturated heterocycles. The molecule has 2 aromatic heterocycles. The fourth-order valence-electron chi connectivity index (χ4n) is 4.38. The maximum Gasteiger partial charge on any atom is 0.267 e. The Morgan fingerprint density at radius 1 is 1.24 bits per heavy atom. The van der Waals surface area contributed by atoms with E-state index >= 15 is 0 Å². The van der Waals surface area contributed by atoms with Gasteiger partial charge in [0.1, 0.15) is 15.8 Å². The Morgan fingerprint density at radius 2 is 1.94 bits per heavy atom. The number of aromatic nitrogens is 2. The van der Waals surface area contributed by atoms with Crippen LogP contribution in [-0.4, -0.2) is 63.6 Å². The third-order valence-corrected chi connectivity index (χ3v) is 9.03. The molecule has 4 heterocycles. The number of pyridine rings is 1. The van der Waals surface area contributed by atoms with Crippen molar-refractivity contribution >= 4 is 61.6 Å². The average molecular weight is 521 g/mol. The minimum atomic E-state index is -3.17. The summed E-state index contributed by atoms with van der Waals surface area (Å²) in [5.41, 5.74) is 1.55. The second-order valence-electron chi connectivity index (χ2n) is 8.68. The van der Waals surface area contributed by atoms with E-state index in [0.29, 0.717) is 32.7 Å². The molecule has 4 rings (SSSR count). The molecule has 8 nitrogen and oxygen atoms in total. The van der Waals surface area contributed by atoms with E-state index in [2.05, 4.69) is 18.7 Å². The highest BCUT2D eigenvalue weighted by Gasteiger charge is 2.42. The lowest BCUT2D eigenvalue weighted by Gasteiger charge is -2.24. The van der Waals surface area contributed by atoms with Gasteiger partial charge < -0.3 is 4.90 Å². The summed E-state index contributed by atoms with van der Waals surface area (Å²) in [5.74, 6) is 0.162. The molecule has 2 aromatic rings. The van der Waals surface area contributed by atoms with Crippen molar-refractivity contribution in [3.05, 3.63) is 44.7 Å². The highest BCUT2D eigenvalue weighted by molar-refractivity contribution is 8.26. The van der Waals surface area contributed by atoms with Crippen LogP contribution in [0.25, 0.3) is 11.7 Å². The summed E-state index contributed by atoms with van der Waals surface area (Å²) < 4.78 is 25.8. The van der Waals surface area contributed by atoms with E-state index < -0.39 is 15.9 Å². The smallest absolute Gasteiger partial charge is 0.267 e. The van der Waals surface area contributed by atoms with E-state index in [1.54, 1.807) is 12.3 Å². The van der Waals surface area contributed by atoms with Gasteiger partial charge in [-0.3, -0.25) is 18.9 Å². The van der Waals surface area contributed by atoms with Crippen molar-refractivity contribution in [2.24, 2.45) is 0 Å².